The minimum atomic E-state index is -0.0833. The van der Waals surface area contributed by atoms with E-state index in [0.717, 1.165) is 50.0 Å². The maximum atomic E-state index is 9.88. The lowest BCUT2D eigenvalue weighted by atomic mass is 9.73. The minimum Gasteiger partial charge on any atom is -0.378 e. The van der Waals surface area contributed by atoms with Crippen LogP contribution in [0.15, 0.2) is 24.3 Å². The lowest BCUT2D eigenvalue weighted by Gasteiger charge is -2.32. The number of aromatic nitrogens is 3. The molecule has 0 amide bonds. The SMILES string of the molecule is CCC1(C)CCc2c(-c3cc4ccc(N(C)C)cc4[nH]3)n[nH]c2C1.O=C[C@@H]1CCCO1. The molecule has 3 heterocycles. The zero-order chi connectivity index (χ0) is 22.0. The molecule has 5 rings (SSSR count). The first-order chi connectivity index (χ1) is 14.9. The first kappa shape index (κ1) is 21.6. The van der Waals surface area contributed by atoms with Crippen molar-refractivity contribution in [3.63, 3.8) is 0 Å². The fourth-order valence-electron chi connectivity index (χ4n) is 4.51. The number of nitrogens with zero attached hydrogens (tertiary/aromatic N) is 2. The third kappa shape index (κ3) is 4.54. The number of benzene rings is 1. The molecule has 1 unspecified atom stereocenters. The molecule has 6 nitrogen and oxygen atoms in total. The van der Waals surface area contributed by atoms with Crippen LogP contribution < -0.4 is 4.90 Å². The number of carbonyl (C=O) groups excluding carboxylic acids is 1. The Morgan fingerprint density at radius 3 is 2.81 bits per heavy atom. The highest BCUT2D eigenvalue weighted by Gasteiger charge is 2.31. The number of carbonyl (C=O) groups is 1. The van der Waals surface area contributed by atoms with Crippen molar-refractivity contribution in [2.24, 2.45) is 5.41 Å². The third-order valence-electron chi connectivity index (χ3n) is 6.88. The second-order valence-electron chi connectivity index (χ2n) is 9.41. The topological polar surface area (TPSA) is 74.0 Å². The predicted molar refractivity (Wildman–Crippen MR) is 126 cm³/mol. The van der Waals surface area contributed by atoms with E-state index in [2.05, 4.69) is 72.3 Å². The van der Waals surface area contributed by atoms with Crippen LogP contribution in [-0.4, -0.2) is 48.3 Å². The van der Waals surface area contributed by atoms with Gasteiger partial charge in [-0.15, -0.1) is 0 Å². The van der Waals surface area contributed by atoms with E-state index in [0.29, 0.717) is 5.41 Å². The van der Waals surface area contributed by atoms with Gasteiger partial charge in [0.15, 0.2) is 0 Å². The van der Waals surface area contributed by atoms with Gasteiger partial charge in [-0.05, 0) is 55.7 Å². The normalized spacial score (nSPS) is 22.6. The summed E-state index contributed by atoms with van der Waals surface area (Å²) in [6.45, 7) is 5.45. The number of ether oxygens (including phenoxy) is 1. The second kappa shape index (κ2) is 8.87. The molecule has 1 aliphatic carbocycles. The van der Waals surface area contributed by atoms with E-state index >= 15 is 0 Å². The van der Waals surface area contributed by atoms with E-state index in [-0.39, 0.29) is 6.10 Å². The molecule has 0 radical (unpaired) electrons. The molecule has 1 saturated heterocycles. The summed E-state index contributed by atoms with van der Waals surface area (Å²) in [6.07, 6.45) is 7.44. The monoisotopic (exact) mass is 422 g/mol. The Balaban J connectivity index is 0.000000282. The van der Waals surface area contributed by atoms with Gasteiger partial charge in [-0.3, -0.25) is 5.10 Å². The highest BCUT2D eigenvalue weighted by molar-refractivity contribution is 5.88. The zero-order valence-electron chi connectivity index (χ0n) is 19.1. The number of hydrogen-bond donors (Lipinski definition) is 2. The summed E-state index contributed by atoms with van der Waals surface area (Å²) in [5.74, 6) is 0. The number of aldehydes is 1. The number of hydrogen-bond acceptors (Lipinski definition) is 4. The highest BCUT2D eigenvalue weighted by Crippen LogP contribution is 2.40. The Hall–Kier alpha value is -2.60. The summed E-state index contributed by atoms with van der Waals surface area (Å²) in [5.41, 5.74) is 7.75. The van der Waals surface area contributed by atoms with Gasteiger partial charge < -0.3 is 19.4 Å². The molecule has 0 spiro atoms. The number of anilines is 1. The fraction of sp³-hybridized carbons (Fsp3) is 0.520. The highest BCUT2D eigenvalue weighted by atomic mass is 16.5. The maximum absolute atomic E-state index is 9.88. The Labute approximate surface area is 184 Å². The van der Waals surface area contributed by atoms with Crippen LogP contribution >= 0.6 is 0 Å². The van der Waals surface area contributed by atoms with Crippen LogP contribution in [0.1, 0.15) is 50.8 Å². The van der Waals surface area contributed by atoms with E-state index in [9.17, 15) is 4.79 Å². The Morgan fingerprint density at radius 2 is 2.16 bits per heavy atom. The number of fused-ring (bicyclic) bond motifs is 2. The summed E-state index contributed by atoms with van der Waals surface area (Å²) < 4.78 is 4.93. The molecule has 6 heteroatoms. The van der Waals surface area contributed by atoms with Gasteiger partial charge in [0, 0.05) is 48.5 Å². The van der Waals surface area contributed by atoms with Crippen LogP contribution in [0.5, 0.6) is 0 Å². The first-order valence-electron chi connectivity index (χ1n) is 11.4. The Bertz CT molecular complexity index is 1050. The zero-order valence-corrected chi connectivity index (χ0v) is 19.1. The van der Waals surface area contributed by atoms with Crippen molar-refractivity contribution in [2.75, 3.05) is 25.6 Å². The molecule has 2 N–H and O–H groups in total. The van der Waals surface area contributed by atoms with Gasteiger partial charge in [0.05, 0.1) is 5.69 Å². The molecule has 3 aromatic rings. The van der Waals surface area contributed by atoms with Crippen molar-refractivity contribution < 1.29 is 9.53 Å². The molecule has 0 bridgehead atoms. The van der Waals surface area contributed by atoms with Crippen molar-refractivity contribution in [1.82, 2.24) is 15.2 Å². The second-order valence-corrected chi connectivity index (χ2v) is 9.41. The maximum Gasteiger partial charge on any atom is 0.148 e. The molecule has 166 valence electrons. The van der Waals surface area contributed by atoms with Crippen LogP contribution in [0.25, 0.3) is 22.3 Å². The first-order valence-corrected chi connectivity index (χ1v) is 11.4. The summed E-state index contributed by atoms with van der Waals surface area (Å²) >= 11 is 0. The van der Waals surface area contributed by atoms with Crippen molar-refractivity contribution in [1.29, 1.82) is 0 Å². The average Bonchev–Trinajstić information content (AvgIpc) is 3.51. The van der Waals surface area contributed by atoms with Crippen molar-refractivity contribution >= 4 is 22.9 Å². The molecule has 2 aliphatic rings. The smallest absolute Gasteiger partial charge is 0.148 e. The van der Waals surface area contributed by atoms with Crippen LogP contribution in [0.3, 0.4) is 0 Å². The largest absolute Gasteiger partial charge is 0.378 e. The van der Waals surface area contributed by atoms with E-state index in [1.165, 1.54) is 40.7 Å². The van der Waals surface area contributed by atoms with Crippen molar-refractivity contribution in [3.05, 3.63) is 35.5 Å². The van der Waals surface area contributed by atoms with Crippen LogP contribution in [0.2, 0.25) is 0 Å². The third-order valence-corrected chi connectivity index (χ3v) is 6.88. The summed E-state index contributed by atoms with van der Waals surface area (Å²) in [5, 5.41) is 9.20. The fourth-order valence-corrected chi connectivity index (χ4v) is 4.51. The van der Waals surface area contributed by atoms with Gasteiger partial charge in [-0.2, -0.15) is 5.10 Å². The molecule has 1 fully saturated rings. The lowest BCUT2D eigenvalue weighted by Crippen LogP contribution is -2.24. The minimum absolute atomic E-state index is 0.0833. The summed E-state index contributed by atoms with van der Waals surface area (Å²) in [6, 6.07) is 8.76. The molecule has 1 aliphatic heterocycles. The molecule has 2 atom stereocenters. The number of rotatable bonds is 4. The van der Waals surface area contributed by atoms with Crippen LogP contribution in [0.4, 0.5) is 5.69 Å². The van der Waals surface area contributed by atoms with Gasteiger partial charge in [-0.25, -0.2) is 0 Å². The van der Waals surface area contributed by atoms with Gasteiger partial charge in [0.2, 0.25) is 0 Å². The predicted octanol–water partition coefficient (Wildman–Crippen LogP) is 4.89. The van der Waals surface area contributed by atoms with E-state index in [1.54, 1.807) is 0 Å². The molecule has 2 aromatic heterocycles. The summed E-state index contributed by atoms with van der Waals surface area (Å²) in [7, 11) is 4.14. The Morgan fingerprint density at radius 1 is 1.32 bits per heavy atom. The molecular formula is C25H34N4O2. The quantitative estimate of drug-likeness (QED) is 0.587. The van der Waals surface area contributed by atoms with E-state index in [1.807, 2.05) is 0 Å². The van der Waals surface area contributed by atoms with Gasteiger partial charge in [0.1, 0.15) is 18.1 Å². The summed E-state index contributed by atoms with van der Waals surface area (Å²) in [4.78, 5) is 15.6. The number of H-pyrrole nitrogens is 2. The van der Waals surface area contributed by atoms with E-state index < -0.39 is 0 Å². The molecule has 1 aromatic carbocycles. The Kier molecular flexibility index (Phi) is 6.19. The lowest BCUT2D eigenvalue weighted by molar-refractivity contribution is -0.115. The molecule has 31 heavy (non-hydrogen) atoms. The van der Waals surface area contributed by atoms with Crippen LogP contribution in [0, 0.1) is 5.41 Å². The molecule has 0 saturated carbocycles. The average molecular weight is 423 g/mol. The van der Waals surface area contributed by atoms with Crippen molar-refractivity contribution in [2.45, 2.75) is 58.5 Å². The number of aromatic amines is 2. The molecular weight excluding hydrogens is 388 g/mol. The van der Waals surface area contributed by atoms with E-state index in [4.69, 9.17) is 4.74 Å². The van der Waals surface area contributed by atoms with Crippen molar-refractivity contribution in [3.8, 4) is 11.4 Å². The van der Waals surface area contributed by atoms with Gasteiger partial charge in [-0.1, -0.05) is 26.3 Å². The van der Waals surface area contributed by atoms with Gasteiger partial charge in [0.25, 0.3) is 0 Å². The standard InChI is InChI=1S/C20H26N4.C5H8O2/c1-5-20(2)9-8-15-18(12-20)22-23-19(15)17-10-13-6-7-14(24(3)4)11-16(13)21-17;6-4-5-2-1-3-7-5/h6-7,10-11,21H,5,8-9,12H2,1-4H3,(H,22,23);4-5H,1-3H2/t;5-/m.0/s1. The number of nitrogens with one attached hydrogen (secondary N) is 2. The van der Waals surface area contributed by atoms with Gasteiger partial charge >= 0.3 is 0 Å². The van der Waals surface area contributed by atoms with Crippen LogP contribution in [-0.2, 0) is 22.4 Å².